The highest BCUT2D eigenvalue weighted by Gasteiger charge is 2.31. The molecule has 0 fully saturated rings. The molecule has 1 amide bonds. The Bertz CT molecular complexity index is 641. The van der Waals surface area contributed by atoms with Gasteiger partial charge in [-0.05, 0) is 30.7 Å². The lowest BCUT2D eigenvalue weighted by molar-refractivity contribution is -0.274. The molecule has 2 aromatic rings. The number of alkyl halides is 3. The Labute approximate surface area is 128 Å². The molecule has 0 aliphatic rings. The Balaban J connectivity index is 2.00. The normalized spacial score (nSPS) is 11.3. The minimum Gasteiger partial charge on any atom is -0.406 e. The van der Waals surface area contributed by atoms with Crippen LogP contribution >= 0.6 is 11.3 Å². The van der Waals surface area contributed by atoms with Gasteiger partial charge in [-0.2, -0.15) is 0 Å². The van der Waals surface area contributed by atoms with E-state index in [9.17, 15) is 18.0 Å². The molecule has 0 aliphatic carbocycles. The van der Waals surface area contributed by atoms with E-state index in [2.05, 4.69) is 20.3 Å². The van der Waals surface area contributed by atoms with E-state index in [1.165, 1.54) is 23.5 Å². The molecule has 0 aliphatic heterocycles. The zero-order chi connectivity index (χ0) is 16.2. The van der Waals surface area contributed by atoms with Gasteiger partial charge in [0.05, 0.1) is 0 Å². The predicted molar refractivity (Wildman–Crippen MR) is 75.0 cm³/mol. The van der Waals surface area contributed by atoms with Crippen molar-refractivity contribution in [1.82, 2.24) is 10.2 Å². The first-order valence-electron chi connectivity index (χ1n) is 6.37. The van der Waals surface area contributed by atoms with Crippen molar-refractivity contribution in [3.8, 4) is 5.75 Å². The molecule has 0 spiro atoms. The number of aromatic nitrogens is 2. The van der Waals surface area contributed by atoms with Gasteiger partial charge in [0.15, 0.2) is 0 Å². The van der Waals surface area contributed by atoms with Crippen molar-refractivity contribution in [3.05, 3.63) is 34.8 Å². The maximum atomic E-state index is 12.0. The minimum absolute atomic E-state index is 0.196. The topological polar surface area (TPSA) is 64.1 Å². The second-order valence-corrected chi connectivity index (χ2v) is 5.34. The first kappa shape index (κ1) is 16.2. The molecule has 0 saturated heterocycles. The molecule has 1 aromatic carbocycles. The summed E-state index contributed by atoms with van der Waals surface area (Å²) >= 11 is 1.26. The third kappa shape index (κ3) is 4.69. The summed E-state index contributed by atoms with van der Waals surface area (Å²) < 4.78 is 39.8. The molecular formula is C13H12F3N3O2S. The number of anilines is 1. The molecule has 1 heterocycles. The summed E-state index contributed by atoms with van der Waals surface area (Å²) in [6.45, 7) is 2.00. The van der Waals surface area contributed by atoms with Crippen molar-refractivity contribution in [3.63, 3.8) is 0 Å². The van der Waals surface area contributed by atoms with Crippen LogP contribution < -0.4 is 10.1 Å². The van der Waals surface area contributed by atoms with Gasteiger partial charge >= 0.3 is 6.36 Å². The second kappa shape index (κ2) is 6.73. The van der Waals surface area contributed by atoms with E-state index in [1.54, 1.807) is 0 Å². The smallest absolute Gasteiger partial charge is 0.406 e. The quantitative estimate of drug-likeness (QED) is 0.908. The second-order valence-electron chi connectivity index (χ2n) is 4.28. The van der Waals surface area contributed by atoms with Crippen molar-refractivity contribution in [1.29, 1.82) is 0 Å². The first-order chi connectivity index (χ1) is 10.4. The van der Waals surface area contributed by atoms with Crippen molar-refractivity contribution >= 4 is 22.4 Å². The fraction of sp³-hybridized carbons (Fsp3) is 0.308. The largest absolute Gasteiger partial charge is 0.573 e. The third-order valence-corrected chi connectivity index (χ3v) is 3.40. The summed E-state index contributed by atoms with van der Waals surface area (Å²) in [7, 11) is 0. The molecular weight excluding hydrogens is 319 g/mol. The number of aryl methyl sites for hydroxylation is 1. The molecule has 0 atom stereocenters. The van der Waals surface area contributed by atoms with Gasteiger partial charge in [-0.3, -0.25) is 10.1 Å². The molecule has 9 heteroatoms. The van der Waals surface area contributed by atoms with Gasteiger partial charge in [0, 0.05) is 12.0 Å². The van der Waals surface area contributed by atoms with Crippen LogP contribution in [0, 0.1) is 0 Å². The zero-order valence-corrected chi connectivity index (χ0v) is 12.3. The summed E-state index contributed by atoms with van der Waals surface area (Å²) in [5.41, 5.74) is 0.196. The van der Waals surface area contributed by atoms with Crippen molar-refractivity contribution in [2.24, 2.45) is 0 Å². The Morgan fingerprint density at radius 3 is 2.55 bits per heavy atom. The first-order valence-corrected chi connectivity index (χ1v) is 7.18. The number of halogens is 3. The van der Waals surface area contributed by atoms with Crippen LogP contribution in [0.2, 0.25) is 0 Å². The number of benzene rings is 1. The van der Waals surface area contributed by atoms with E-state index in [0.29, 0.717) is 5.13 Å². The molecule has 0 unspecified atom stereocenters. The number of carbonyl (C=O) groups excluding carboxylic acids is 1. The average molecular weight is 331 g/mol. The molecule has 5 nitrogen and oxygen atoms in total. The van der Waals surface area contributed by atoms with Gasteiger partial charge in [0.1, 0.15) is 10.8 Å². The molecule has 1 N–H and O–H groups in total. The van der Waals surface area contributed by atoms with Gasteiger partial charge < -0.3 is 4.74 Å². The lowest BCUT2D eigenvalue weighted by Gasteiger charge is -2.08. The maximum absolute atomic E-state index is 12.0. The van der Waals surface area contributed by atoms with E-state index in [0.717, 1.165) is 30.0 Å². The van der Waals surface area contributed by atoms with Crippen molar-refractivity contribution < 1.29 is 22.7 Å². The predicted octanol–water partition coefficient (Wildman–Crippen LogP) is 3.64. The highest BCUT2D eigenvalue weighted by Crippen LogP contribution is 2.23. The number of hydrogen-bond donors (Lipinski definition) is 1. The monoisotopic (exact) mass is 331 g/mol. The molecule has 0 bridgehead atoms. The van der Waals surface area contributed by atoms with Gasteiger partial charge in [0.25, 0.3) is 5.91 Å². The molecule has 0 radical (unpaired) electrons. The Morgan fingerprint density at radius 2 is 1.95 bits per heavy atom. The van der Waals surface area contributed by atoms with E-state index >= 15 is 0 Å². The Hall–Kier alpha value is -2.16. The van der Waals surface area contributed by atoms with Crippen LogP contribution in [0.15, 0.2) is 24.3 Å². The summed E-state index contributed by atoms with van der Waals surface area (Å²) in [5.74, 6) is -0.858. The SMILES string of the molecule is CCCc1nnc(NC(=O)c2ccc(OC(F)(F)F)cc2)s1. The zero-order valence-electron chi connectivity index (χ0n) is 11.5. The van der Waals surface area contributed by atoms with Gasteiger partial charge in [-0.25, -0.2) is 0 Å². The van der Waals surface area contributed by atoms with Crippen LogP contribution in [0.25, 0.3) is 0 Å². The van der Waals surface area contributed by atoms with E-state index < -0.39 is 12.3 Å². The van der Waals surface area contributed by atoms with Crippen LogP contribution in [-0.4, -0.2) is 22.5 Å². The Morgan fingerprint density at radius 1 is 1.27 bits per heavy atom. The Kier molecular flexibility index (Phi) is 4.96. The number of nitrogens with zero attached hydrogens (tertiary/aromatic N) is 2. The lowest BCUT2D eigenvalue weighted by Crippen LogP contribution is -2.17. The summed E-state index contributed by atoms with van der Waals surface area (Å²) in [6.07, 6.45) is -3.06. The van der Waals surface area contributed by atoms with E-state index in [4.69, 9.17) is 0 Å². The molecule has 1 aromatic heterocycles. The number of nitrogens with one attached hydrogen (secondary N) is 1. The van der Waals surface area contributed by atoms with Crippen LogP contribution in [0.1, 0.15) is 28.7 Å². The summed E-state index contributed by atoms with van der Waals surface area (Å²) in [5, 5.41) is 11.5. The number of amides is 1. The third-order valence-electron chi connectivity index (χ3n) is 2.50. The lowest BCUT2D eigenvalue weighted by atomic mass is 10.2. The average Bonchev–Trinajstić information content (AvgIpc) is 2.85. The van der Waals surface area contributed by atoms with Gasteiger partial charge in [-0.1, -0.05) is 18.3 Å². The standard InChI is InChI=1S/C13H12F3N3O2S/c1-2-3-10-18-19-12(22-10)17-11(20)8-4-6-9(7-5-8)21-13(14,15)16/h4-7H,2-3H2,1H3,(H,17,19,20). The van der Waals surface area contributed by atoms with E-state index in [1.807, 2.05) is 6.92 Å². The van der Waals surface area contributed by atoms with Crippen LogP contribution in [0.5, 0.6) is 5.75 Å². The molecule has 2 rings (SSSR count). The summed E-state index contributed by atoms with van der Waals surface area (Å²) in [4.78, 5) is 11.9. The molecule has 118 valence electrons. The number of carbonyl (C=O) groups is 1. The molecule has 22 heavy (non-hydrogen) atoms. The highest BCUT2D eigenvalue weighted by atomic mass is 32.1. The van der Waals surface area contributed by atoms with Gasteiger partial charge in [-0.15, -0.1) is 23.4 Å². The maximum Gasteiger partial charge on any atom is 0.573 e. The van der Waals surface area contributed by atoms with E-state index in [-0.39, 0.29) is 11.3 Å². The number of ether oxygens (including phenoxy) is 1. The molecule has 0 saturated carbocycles. The number of rotatable bonds is 5. The minimum atomic E-state index is -4.76. The fourth-order valence-electron chi connectivity index (χ4n) is 1.60. The van der Waals surface area contributed by atoms with Crippen molar-refractivity contribution in [2.75, 3.05) is 5.32 Å². The van der Waals surface area contributed by atoms with Crippen LogP contribution in [0.4, 0.5) is 18.3 Å². The van der Waals surface area contributed by atoms with Crippen LogP contribution in [-0.2, 0) is 6.42 Å². The fourth-order valence-corrected chi connectivity index (χ4v) is 2.43. The highest BCUT2D eigenvalue weighted by molar-refractivity contribution is 7.15. The van der Waals surface area contributed by atoms with Gasteiger partial charge in [0.2, 0.25) is 5.13 Å². The summed E-state index contributed by atoms with van der Waals surface area (Å²) in [6, 6.07) is 4.63. The number of hydrogen-bond acceptors (Lipinski definition) is 5. The van der Waals surface area contributed by atoms with Crippen LogP contribution in [0.3, 0.4) is 0 Å². The van der Waals surface area contributed by atoms with Crippen molar-refractivity contribution in [2.45, 2.75) is 26.1 Å².